The monoisotopic (exact) mass is 454 g/mol. The van der Waals surface area contributed by atoms with Crippen LogP contribution in [0, 0.1) is 0 Å². The van der Waals surface area contributed by atoms with Gasteiger partial charge in [-0.15, -0.1) is 0 Å². The van der Waals surface area contributed by atoms with Gasteiger partial charge in [-0.3, -0.25) is 0 Å². The van der Waals surface area contributed by atoms with Crippen LogP contribution < -0.4 is 0 Å². The van der Waals surface area contributed by atoms with Crippen molar-refractivity contribution in [1.29, 1.82) is 8.59 Å². The van der Waals surface area contributed by atoms with Crippen LogP contribution in [0.2, 0.25) is 61.9 Å². The molecule has 0 amide bonds. The Morgan fingerprint density at radius 2 is 1.04 bits per heavy atom. The maximum absolute atomic E-state index is 7.24. The molecule has 10 heteroatoms. The number of rotatable bonds is 20. The molecule has 0 aliphatic heterocycles. The molecule has 0 aromatic rings. The van der Waals surface area contributed by atoms with Gasteiger partial charge in [-0.05, 0) is 43.3 Å². The van der Waals surface area contributed by atoms with Crippen molar-refractivity contribution < 1.29 is 28.8 Å². The van der Waals surface area contributed by atoms with Gasteiger partial charge in [-0.25, -0.2) is 0 Å². The molecule has 0 spiro atoms. The van der Waals surface area contributed by atoms with E-state index in [2.05, 4.69) is 13.5 Å². The Bertz CT molecular complexity index is 480. The molecule has 0 aliphatic carbocycles. The zero-order valence-electron chi connectivity index (χ0n) is 23.1. The van der Waals surface area contributed by atoms with Crippen LogP contribution in [0.25, 0.3) is 0 Å². The van der Waals surface area contributed by atoms with Gasteiger partial charge in [0, 0.05) is 0 Å². The van der Waals surface area contributed by atoms with E-state index in [0.717, 1.165) is 44.2 Å². The third-order valence-electron chi connectivity index (χ3n) is 5.42. The molecule has 0 bridgehead atoms. The standard InChI is InChI=1S/C16H42O6Si4/c1-6-16(10-7-13-24(3,17)18)23(2,11-8-14-25(4,19)20)12-9-15-26(5,21)22/h16-22H,6-15H2,1-5H3/i17T,18T,19T,20T,21T,22T. The highest BCUT2D eigenvalue weighted by molar-refractivity contribution is 6.80. The van der Waals surface area contributed by atoms with Gasteiger partial charge in [-0.1, -0.05) is 57.7 Å². The lowest BCUT2D eigenvalue weighted by atomic mass is 10.2. The highest BCUT2D eigenvalue weighted by Gasteiger charge is 2.36. The molecule has 1 atom stereocenters. The van der Waals surface area contributed by atoms with E-state index < -0.39 is 33.8 Å². The van der Waals surface area contributed by atoms with Gasteiger partial charge in [0.2, 0.25) is 0 Å². The predicted octanol–water partition coefficient (Wildman–Crippen LogP) is 2.58. The van der Waals surface area contributed by atoms with Gasteiger partial charge in [0.05, 0.1) is 8.07 Å². The highest BCUT2D eigenvalue weighted by Crippen LogP contribution is 2.40. The molecular weight excluding hydrogens is 401 g/mol. The van der Waals surface area contributed by atoms with Crippen molar-refractivity contribution in [2.75, 3.05) is 0 Å². The molecule has 0 saturated carbocycles. The zero-order chi connectivity index (χ0) is 24.9. The lowest BCUT2D eigenvalue weighted by Gasteiger charge is -2.37. The first-order chi connectivity index (χ1) is 14.9. The smallest absolute Gasteiger partial charge is 0.329 e. The lowest BCUT2D eigenvalue weighted by molar-refractivity contribution is 0.364. The zero-order valence-corrected chi connectivity index (χ0v) is 21.1. The summed E-state index contributed by atoms with van der Waals surface area (Å²) in [6.07, 6.45) is 4.47. The van der Waals surface area contributed by atoms with Crippen LogP contribution in [0.15, 0.2) is 0 Å². The topological polar surface area (TPSA) is 121 Å². The minimum Gasteiger partial charge on any atom is -0.411 e. The summed E-state index contributed by atoms with van der Waals surface area (Å²) >= 11 is 0. The Hall–Kier alpha value is 0.628. The second-order valence-electron chi connectivity index (χ2n) is 8.76. The summed E-state index contributed by atoms with van der Waals surface area (Å²) in [6.45, 7) is 9.75. The third kappa shape index (κ3) is 13.7. The van der Waals surface area contributed by atoms with E-state index in [1.54, 1.807) is 19.6 Å². The summed E-state index contributed by atoms with van der Waals surface area (Å²) in [5.41, 5.74) is 0.501. The molecule has 1 unspecified atom stereocenters. The van der Waals surface area contributed by atoms with E-state index in [-0.39, 0.29) is 0 Å². The molecule has 0 rings (SSSR count). The van der Waals surface area contributed by atoms with Crippen LogP contribution in [-0.2, 0) is 0 Å². The Balaban J connectivity index is 5.28. The minimum absolute atomic E-state index is 0.501. The molecular formula is C16H42O6Si4. The molecule has 6 N–H and O–H groups in total. The van der Waals surface area contributed by atoms with E-state index in [0.29, 0.717) is 23.7 Å². The molecule has 0 heterocycles. The fraction of sp³-hybridized carbons (Fsp3) is 1.00. The third-order valence-corrected chi connectivity index (χ3v) is 14.9. The Labute approximate surface area is 172 Å². The van der Waals surface area contributed by atoms with Crippen LogP contribution in [-0.4, -0.2) is 71.1 Å². The van der Waals surface area contributed by atoms with Crippen LogP contribution in [0.5, 0.6) is 0 Å². The second kappa shape index (κ2) is 11.0. The van der Waals surface area contributed by atoms with Gasteiger partial charge >= 0.3 is 25.7 Å². The Kier molecular flexibility index (Phi) is 7.38. The molecule has 0 aromatic heterocycles. The summed E-state index contributed by atoms with van der Waals surface area (Å²) in [5, 5.41) is 0. The van der Waals surface area contributed by atoms with E-state index in [4.69, 9.17) is 37.4 Å². The van der Waals surface area contributed by atoms with Crippen LogP contribution >= 0.6 is 0 Å². The lowest BCUT2D eigenvalue weighted by Crippen LogP contribution is -2.39. The van der Waals surface area contributed by atoms with E-state index in [1.165, 1.54) is 0 Å². The Morgan fingerprint density at radius 1 is 0.654 bits per heavy atom. The average Bonchev–Trinajstić information content (AvgIpc) is 2.81. The van der Waals surface area contributed by atoms with Crippen molar-refractivity contribution in [3.8, 4) is 0 Å². The maximum Gasteiger partial charge on any atom is 0.329 e. The number of hydrogen-bond donors (Lipinski definition) is 6. The first-order valence-corrected chi connectivity index (χ1v) is 20.4. The van der Waals surface area contributed by atoms with Crippen molar-refractivity contribution >= 4 is 33.8 Å². The normalized spacial score (nSPS) is 18.3. The molecule has 0 radical (unpaired) electrons. The van der Waals surface area contributed by atoms with Crippen molar-refractivity contribution in [1.82, 2.24) is 0 Å². The number of hydrogen-bond acceptors (Lipinski definition) is 6. The van der Waals surface area contributed by atoms with Gasteiger partial charge in [0.1, 0.15) is 0 Å². The summed E-state index contributed by atoms with van der Waals surface area (Å²) in [5.74, 6) is 0. The molecule has 26 heavy (non-hydrogen) atoms. The molecule has 6 nitrogen and oxygen atoms in total. The van der Waals surface area contributed by atoms with Crippen molar-refractivity contribution in [2.45, 2.75) is 101 Å². The fourth-order valence-electron chi connectivity index (χ4n) is 3.87. The highest BCUT2D eigenvalue weighted by atomic mass is 28.4. The van der Waals surface area contributed by atoms with E-state index in [1.807, 2.05) is 0 Å². The quantitative estimate of drug-likeness (QED) is 0.157. The predicted molar refractivity (Wildman–Crippen MR) is 116 cm³/mol. The molecule has 0 aliphatic rings. The first-order valence-electron chi connectivity index (χ1n) is 12.3. The van der Waals surface area contributed by atoms with Crippen LogP contribution in [0.1, 0.15) is 39.0 Å². The van der Waals surface area contributed by atoms with E-state index >= 15 is 0 Å². The SMILES string of the molecule is [3H]O[Si](C)(CCCC(CC)[Si](C)(CCC[Si](C)(O[3H])O[3H])CCC[Si](C)(O[3H])O[3H])O[3H]. The first kappa shape index (κ1) is 17.5. The molecule has 0 fully saturated rings. The van der Waals surface area contributed by atoms with Gasteiger partial charge in [0.15, 0.2) is 8.59 Å². The van der Waals surface area contributed by atoms with Crippen molar-refractivity contribution in [3.05, 3.63) is 0 Å². The van der Waals surface area contributed by atoms with Gasteiger partial charge in [-0.2, -0.15) is 0 Å². The largest absolute Gasteiger partial charge is 0.411 e. The second-order valence-corrected chi connectivity index (χ2v) is 22.2. The summed E-state index contributed by atoms with van der Waals surface area (Å²) in [7, 11) is -10.1. The summed E-state index contributed by atoms with van der Waals surface area (Å²) < 4.78 is 43.4. The van der Waals surface area contributed by atoms with Crippen LogP contribution in [0.4, 0.5) is 0 Å². The molecule has 158 valence electrons. The fourth-order valence-corrected chi connectivity index (χ4v) is 12.0. The summed E-state index contributed by atoms with van der Waals surface area (Å²) in [4.78, 5) is 28.4. The van der Waals surface area contributed by atoms with Crippen molar-refractivity contribution in [3.63, 3.8) is 0 Å². The van der Waals surface area contributed by atoms with Gasteiger partial charge in [0.25, 0.3) is 0 Å². The molecule has 0 aromatic carbocycles. The Morgan fingerprint density at radius 3 is 1.38 bits per heavy atom. The molecule has 0 saturated heterocycles. The summed E-state index contributed by atoms with van der Waals surface area (Å²) in [6, 6.07) is 3.76. The van der Waals surface area contributed by atoms with Crippen LogP contribution in [0.3, 0.4) is 0 Å². The average molecular weight is 455 g/mol. The van der Waals surface area contributed by atoms with Crippen molar-refractivity contribution in [2.24, 2.45) is 0 Å². The van der Waals surface area contributed by atoms with E-state index in [9.17, 15) is 0 Å². The maximum atomic E-state index is 7.24. The minimum atomic E-state index is -2.77. The van der Waals surface area contributed by atoms with Gasteiger partial charge < -0.3 is 28.8 Å².